The lowest BCUT2D eigenvalue weighted by molar-refractivity contribution is -0.137. The number of carbonyl (C=O) groups excluding carboxylic acids is 5. The third kappa shape index (κ3) is 6.08. The molecule has 4 rings (SSSR count). The molecule has 1 unspecified atom stereocenters. The predicted octanol–water partition coefficient (Wildman–Crippen LogP) is 1.65. The number of piperazine rings is 1. The summed E-state index contributed by atoms with van der Waals surface area (Å²) in [5, 5.41) is 5.04. The number of hydrogen-bond donors (Lipinski definition) is 2. The van der Waals surface area contributed by atoms with Gasteiger partial charge >= 0.3 is 6.09 Å². The summed E-state index contributed by atoms with van der Waals surface area (Å²) in [5.41, 5.74) is 1.83. The molecule has 38 heavy (non-hydrogen) atoms. The van der Waals surface area contributed by atoms with E-state index in [4.69, 9.17) is 4.74 Å². The third-order valence-electron chi connectivity index (χ3n) is 7.16. The monoisotopic (exact) mass is 527 g/mol. The molecule has 3 aliphatic heterocycles. The van der Waals surface area contributed by atoms with Crippen LogP contribution in [0.25, 0.3) is 0 Å². The Morgan fingerprint density at radius 3 is 2.50 bits per heavy atom. The Labute approximate surface area is 222 Å². The van der Waals surface area contributed by atoms with Crippen molar-refractivity contribution in [2.75, 3.05) is 37.6 Å². The van der Waals surface area contributed by atoms with Crippen molar-refractivity contribution in [1.82, 2.24) is 20.4 Å². The number of benzene rings is 1. The maximum Gasteiger partial charge on any atom is 0.407 e. The van der Waals surface area contributed by atoms with Crippen LogP contribution in [0.2, 0.25) is 0 Å². The van der Waals surface area contributed by atoms with Crippen molar-refractivity contribution in [2.45, 2.75) is 65.1 Å². The van der Waals surface area contributed by atoms with Gasteiger partial charge in [-0.05, 0) is 45.7 Å². The lowest BCUT2D eigenvalue weighted by Gasteiger charge is -2.38. The maximum absolute atomic E-state index is 13.1. The second-order valence-electron chi connectivity index (χ2n) is 11.1. The fraction of sp³-hybridized carbons (Fsp3) is 0.593. The van der Waals surface area contributed by atoms with E-state index >= 15 is 0 Å². The molecule has 0 bridgehead atoms. The number of ether oxygens (including phenoxy) is 1. The van der Waals surface area contributed by atoms with Crippen LogP contribution in [0.1, 0.15) is 62.9 Å². The zero-order chi connectivity index (χ0) is 27.6. The molecule has 5 amide bonds. The topological polar surface area (TPSA) is 128 Å². The minimum atomic E-state index is -0.652. The average Bonchev–Trinajstić information content (AvgIpc) is 3.19. The third-order valence-corrected chi connectivity index (χ3v) is 7.16. The summed E-state index contributed by atoms with van der Waals surface area (Å²) in [6.45, 7) is 10.3. The van der Waals surface area contributed by atoms with E-state index in [-0.39, 0.29) is 30.1 Å². The van der Waals surface area contributed by atoms with Crippen molar-refractivity contribution in [2.24, 2.45) is 5.92 Å². The first-order valence-electron chi connectivity index (χ1n) is 13.2. The molecule has 0 aromatic heterocycles. The molecule has 0 saturated carbocycles. The van der Waals surface area contributed by atoms with Gasteiger partial charge < -0.3 is 24.8 Å². The van der Waals surface area contributed by atoms with Crippen LogP contribution in [0, 0.1) is 5.92 Å². The predicted molar refractivity (Wildman–Crippen MR) is 139 cm³/mol. The first kappa shape index (κ1) is 27.4. The maximum atomic E-state index is 13.1. The number of carbonyl (C=O) groups is 5. The van der Waals surface area contributed by atoms with Crippen LogP contribution in [-0.4, -0.2) is 83.9 Å². The molecule has 0 spiro atoms. The summed E-state index contributed by atoms with van der Waals surface area (Å²) < 4.78 is 5.23. The molecule has 11 heteroatoms. The number of anilines is 1. The van der Waals surface area contributed by atoms with Gasteiger partial charge in [0.05, 0.1) is 0 Å². The fourth-order valence-corrected chi connectivity index (χ4v) is 5.17. The van der Waals surface area contributed by atoms with Gasteiger partial charge in [0.1, 0.15) is 11.6 Å². The summed E-state index contributed by atoms with van der Waals surface area (Å²) in [7, 11) is 0. The van der Waals surface area contributed by atoms with E-state index in [1.54, 1.807) is 31.7 Å². The van der Waals surface area contributed by atoms with Gasteiger partial charge in [-0.2, -0.15) is 0 Å². The number of fused-ring (bicyclic) bond motifs is 1. The Morgan fingerprint density at radius 2 is 1.84 bits per heavy atom. The normalized spacial score (nSPS) is 20.7. The number of nitrogens with one attached hydrogen (secondary N) is 2. The van der Waals surface area contributed by atoms with Crippen LogP contribution in [0.3, 0.4) is 0 Å². The number of alkyl carbamates (subject to hydrolysis) is 1. The average molecular weight is 528 g/mol. The standard InChI is InChI=1S/C27H37N5O6/c1-17(10-11-28-26(37)38-27(2,3)4)24(35)31-14-12-30(13-15-31)20-7-5-6-18-19(20)16-32(25(18)36)21-8-9-22(33)29-23(21)34/h5-7,17,21H,8-16H2,1-4H3,(H,28,37)(H,29,33,34)/t17-,21?/m0/s1. The molecule has 0 aliphatic carbocycles. The van der Waals surface area contributed by atoms with Crippen LogP contribution in [0.4, 0.5) is 10.5 Å². The molecular formula is C27H37N5O6. The molecule has 3 heterocycles. The second-order valence-corrected chi connectivity index (χ2v) is 11.1. The number of amides is 5. The summed E-state index contributed by atoms with van der Waals surface area (Å²) in [6.07, 6.45) is 0.569. The molecule has 1 aromatic rings. The molecule has 11 nitrogen and oxygen atoms in total. The van der Waals surface area contributed by atoms with Gasteiger partial charge in [-0.1, -0.05) is 13.0 Å². The van der Waals surface area contributed by atoms with E-state index in [9.17, 15) is 24.0 Å². The van der Waals surface area contributed by atoms with Crippen molar-refractivity contribution in [3.8, 4) is 0 Å². The van der Waals surface area contributed by atoms with Gasteiger partial charge in [0, 0.05) is 68.4 Å². The first-order chi connectivity index (χ1) is 17.9. The van der Waals surface area contributed by atoms with Crippen molar-refractivity contribution in [3.63, 3.8) is 0 Å². The largest absolute Gasteiger partial charge is 0.444 e. The number of imide groups is 1. The summed E-state index contributed by atoms with van der Waals surface area (Å²) in [5.74, 6) is -1.12. The minimum Gasteiger partial charge on any atom is -0.444 e. The lowest BCUT2D eigenvalue weighted by Crippen LogP contribution is -2.52. The summed E-state index contributed by atoms with van der Waals surface area (Å²) >= 11 is 0. The molecular weight excluding hydrogens is 490 g/mol. The van der Waals surface area contributed by atoms with Crippen molar-refractivity contribution < 1.29 is 28.7 Å². The van der Waals surface area contributed by atoms with Gasteiger partial charge in [-0.3, -0.25) is 24.5 Å². The molecule has 2 saturated heterocycles. The van der Waals surface area contributed by atoms with Crippen LogP contribution < -0.4 is 15.5 Å². The SMILES string of the molecule is C[C@@H](CCNC(=O)OC(C)(C)C)C(=O)N1CCN(c2cccc3c2CN(C2CCC(=O)NC2=O)C3=O)CC1. The molecule has 2 N–H and O–H groups in total. The number of rotatable bonds is 6. The van der Waals surface area contributed by atoms with Crippen LogP contribution >= 0.6 is 0 Å². The molecule has 2 atom stereocenters. The van der Waals surface area contributed by atoms with Crippen molar-refractivity contribution in [3.05, 3.63) is 29.3 Å². The minimum absolute atomic E-state index is 0.0492. The highest BCUT2D eigenvalue weighted by atomic mass is 16.6. The molecule has 1 aromatic carbocycles. The van der Waals surface area contributed by atoms with Gasteiger partial charge in [0.25, 0.3) is 5.91 Å². The van der Waals surface area contributed by atoms with E-state index in [0.717, 1.165) is 11.3 Å². The van der Waals surface area contributed by atoms with Gasteiger partial charge in [0.15, 0.2) is 0 Å². The summed E-state index contributed by atoms with van der Waals surface area (Å²) in [6, 6.07) is 4.95. The quantitative estimate of drug-likeness (QED) is 0.539. The fourth-order valence-electron chi connectivity index (χ4n) is 5.17. The van der Waals surface area contributed by atoms with Gasteiger partial charge in [-0.15, -0.1) is 0 Å². The highest BCUT2D eigenvalue weighted by Crippen LogP contribution is 2.34. The number of piperidine rings is 1. The van der Waals surface area contributed by atoms with Crippen LogP contribution in [0.5, 0.6) is 0 Å². The molecule has 3 aliphatic rings. The van der Waals surface area contributed by atoms with E-state index in [1.807, 2.05) is 24.0 Å². The van der Waals surface area contributed by atoms with E-state index in [2.05, 4.69) is 15.5 Å². The Balaban J connectivity index is 1.31. The Bertz CT molecular complexity index is 1120. The van der Waals surface area contributed by atoms with Crippen molar-refractivity contribution >= 4 is 35.4 Å². The Kier molecular flexibility index (Phi) is 7.94. The lowest BCUT2D eigenvalue weighted by atomic mass is 10.0. The van der Waals surface area contributed by atoms with Crippen LogP contribution in [0.15, 0.2) is 18.2 Å². The second kappa shape index (κ2) is 11.0. The number of hydrogen-bond acceptors (Lipinski definition) is 7. The van der Waals surface area contributed by atoms with E-state index in [0.29, 0.717) is 57.7 Å². The zero-order valence-electron chi connectivity index (χ0n) is 22.5. The molecule has 0 radical (unpaired) electrons. The molecule has 2 fully saturated rings. The van der Waals surface area contributed by atoms with Crippen LogP contribution in [-0.2, 0) is 25.7 Å². The van der Waals surface area contributed by atoms with Crippen molar-refractivity contribution in [1.29, 1.82) is 0 Å². The first-order valence-corrected chi connectivity index (χ1v) is 13.2. The Hall–Kier alpha value is -3.63. The molecule has 206 valence electrons. The van der Waals surface area contributed by atoms with E-state index < -0.39 is 23.6 Å². The van der Waals surface area contributed by atoms with Gasteiger partial charge in [-0.25, -0.2) is 4.79 Å². The zero-order valence-corrected chi connectivity index (χ0v) is 22.5. The smallest absolute Gasteiger partial charge is 0.407 e. The summed E-state index contributed by atoms with van der Waals surface area (Å²) in [4.78, 5) is 67.5. The van der Waals surface area contributed by atoms with Gasteiger partial charge in [0.2, 0.25) is 17.7 Å². The Morgan fingerprint density at radius 1 is 1.13 bits per heavy atom. The van der Waals surface area contributed by atoms with E-state index in [1.165, 1.54) is 0 Å². The highest BCUT2D eigenvalue weighted by molar-refractivity contribution is 6.06. The highest BCUT2D eigenvalue weighted by Gasteiger charge is 2.40. The number of nitrogens with zero attached hydrogens (tertiary/aromatic N) is 3.